The minimum atomic E-state index is 0.247. The zero-order chi connectivity index (χ0) is 11.3. The Bertz CT molecular complexity index is 309. The van der Waals surface area contributed by atoms with E-state index >= 15 is 0 Å². The standard InChI is InChI=1S/C13H21NO/c1-4-12(7-8-14)15-13-6-5-10(2)11(3)9-13/h5-6,9,12H,4,7-8,14H2,1-3H3. The molecule has 0 saturated heterocycles. The van der Waals surface area contributed by atoms with Crippen LogP contribution in [-0.2, 0) is 0 Å². The van der Waals surface area contributed by atoms with Gasteiger partial charge in [-0.15, -0.1) is 0 Å². The molecule has 84 valence electrons. The molecule has 0 spiro atoms. The van der Waals surface area contributed by atoms with Crippen molar-refractivity contribution in [1.29, 1.82) is 0 Å². The predicted molar refractivity (Wildman–Crippen MR) is 64.3 cm³/mol. The van der Waals surface area contributed by atoms with Crippen LogP contribution in [0.15, 0.2) is 18.2 Å². The molecule has 1 aromatic carbocycles. The fourth-order valence-corrected chi connectivity index (χ4v) is 1.51. The minimum absolute atomic E-state index is 0.247. The number of aryl methyl sites for hydroxylation is 2. The topological polar surface area (TPSA) is 35.2 Å². The number of ether oxygens (including phenoxy) is 1. The van der Waals surface area contributed by atoms with Crippen LogP contribution in [0.1, 0.15) is 30.9 Å². The molecule has 2 N–H and O–H groups in total. The molecule has 1 unspecified atom stereocenters. The van der Waals surface area contributed by atoms with Gasteiger partial charge in [0.1, 0.15) is 5.75 Å². The first kappa shape index (κ1) is 12.1. The summed E-state index contributed by atoms with van der Waals surface area (Å²) in [6.45, 7) is 7.02. The van der Waals surface area contributed by atoms with Gasteiger partial charge in [-0.25, -0.2) is 0 Å². The molecule has 15 heavy (non-hydrogen) atoms. The summed E-state index contributed by atoms with van der Waals surface area (Å²) >= 11 is 0. The van der Waals surface area contributed by atoms with E-state index in [9.17, 15) is 0 Å². The van der Waals surface area contributed by atoms with Crippen LogP contribution in [0.5, 0.6) is 5.75 Å². The van der Waals surface area contributed by atoms with E-state index in [1.54, 1.807) is 0 Å². The largest absolute Gasteiger partial charge is 0.490 e. The lowest BCUT2D eigenvalue weighted by Gasteiger charge is -2.17. The molecule has 0 saturated carbocycles. The molecule has 2 heteroatoms. The lowest BCUT2D eigenvalue weighted by Crippen LogP contribution is -2.19. The normalized spacial score (nSPS) is 12.5. The Morgan fingerprint density at radius 3 is 2.53 bits per heavy atom. The summed E-state index contributed by atoms with van der Waals surface area (Å²) < 4.78 is 5.86. The molecule has 1 rings (SSSR count). The van der Waals surface area contributed by atoms with Gasteiger partial charge >= 0.3 is 0 Å². The van der Waals surface area contributed by atoms with Gasteiger partial charge in [0.05, 0.1) is 6.10 Å². The zero-order valence-electron chi connectivity index (χ0n) is 9.92. The van der Waals surface area contributed by atoms with Crippen LogP contribution in [0.4, 0.5) is 0 Å². The average molecular weight is 207 g/mol. The highest BCUT2D eigenvalue weighted by Gasteiger charge is 2.07. The zero-order valence-corrected chi connectivity index (χ0v) is 9.92. The molecule has 2 nitrogen and oxygen atoms in total. The Balaban J connectivity index is 2.66. The van der Waals surface area contributed by atoms with E-state index in [1.165, 1.54) is 11.1 Å². The SMILES string of the molecule is CCC(CCN)Oc1ccc(C)c(C)c1. The smallest absolute Gasteiger partial charge is 0.119 e. The highest BCUT2D eigenvalue weighted by Crippen LogP contribution is 2.19. The second kappa shape index (κ2) is 5.76. The number of hydrogen-bond acceptors (Lipinski definition) is 2. The molecule has 0 aromatic heterocycles. The Kier molecular flexibility index (Phi) is 4.63. The van der Waals surface area contributed by atoms with Gasteiger partial charge in [0.15, 0.2) is 0 Å². The van der Waals surface area contributed by atoms with Crippen molar-refractivity contribution in [2.75, 3.05) is 6.54 Å². The average Bonchev–Trinajstić information content (AvgIpc) is 2.23. The maximum atomic E-state index is 5.86. The summed E-state index contributed by atoms with van der Waals surface area (Å²) in [5.41, 5.74) is 8.11. The molecular formula is C13H21NO. The van der Waals surface area contributed by atoms with E-state index in [0.29, 0.717) is 6.54 Å². The summed E-state index contributed by atoms with van der Waals surface area (Å²) in [4.78, 5) is 0. The molecule has 1 aromatic rings. The maximum Gasteiger partial charge on any atom is 0.119 e. The quantitative estimate of drug-likeness (QED) is 0.805. The molecule has 0 aliphatic carbocycles. The second-order valence-corrected chi connectivity index (χ2v) is 3.97. The molecule has 0 heterocycles. The van der Waals surface area contributed by atoms with Crippen molar-refractivity contribution in [3.63, 3.8) is 0 Å². The highest BCUT2D eigenvalue weighted by atomic mass is 16.5. The van der Waals surface area contributed by atoms with Crippen LogP contribution >= 0.6 is 0 Å². The van der Waals surface area contributed by atoms with E-state index in [-0.39, 0.29) is 6.10 Å². The van der Waals surface area contributed by atoms with Crippen molar-refractivity contribution >= 4 is 0 Å². The fourth-order valence-electron chi connectivity index (χ4n) is 1.51. The van der Waals surface area contributed by atoms with Crippen LogP contribution in [0.2, 0.25) is 0 Å². The van der Waals surface area contributed by atoms with E-state index < -0.39 is 0 Å². The Hall–Kier alpha value is -1.02. The summed E-state index contributed by atoms with van der Waals surface area (Å²) in [5.74, 6) is 0.957. The van der Waals surface area contributed by atoms with Gasteiger partial charge in [0.25, 0.3) is 0 Å². The summed E-state index contributed by atoms with van der Waals surface area (Å²) in [7, 11) is 0. The van der Waals surface area contributed by atoms with Gasteiger partial charge in [-0.2, -0.15) is 0 Å². The van der Waals surface area contributed by atoms with Crippen LogP contribution in [0, 0.1) is 13.8 Å². The Labute approximate surface area is 92.4 Å². The molecular weight excluding hydrogens is 186 g/mol. The van der Waals surface area contributed by atoms with Gasteiger partial charge < -0.3 is 10.5 Å². The third-order valence-corrected chi connectivity index (χ3v) is 2.73. The van der Waals surface area contributed by atoms with E-state index in [4.69, 9.17) is 10.5 Å². The van der Waals surface area contributed by atoms with Gasteiger partial charge in [-0.05, 0) is 56.5 Å². The summed E-state index contributed by atoms with van der Waals surface area (Å²) in [5, 5.41) is 0. The first-order valence-corrected chi connectivity index (χ1v) is 5.61. The summed E-state index contributed by atoms with van der Waals surface area (Å²) in [6.07, 6.45) is 2.17. The van der Waals surface area contributed by atoms with Gasteiger partial charge in [0, 0.05) is 0 Å². The summed E-state index contributed by atoms with van der Waals surface area (Å²) in [6, 6.07) is 6.22. The van der Waals surface area contributed by atoms with Crippen molar-refractivity contribution in [1.82, 2.24) is 0 Å². The first-order chi connectivity index (χ1) is 7.17. The first-order valence-electron chi connectivity index (χ1n) is 5.61. The molecule has 0 aliphatic heterocycles. The molecule has 0 aliphatic rings. The lowest BCUT2D eigenvalue weighted by atomic mass is 10.1. The van der Waals surface area contributed by atoms with Gasteiger partial charge in [-0.1, -0.05) is 13.0 Å². The van der Waals surface area contributed by atoms with Gasteiger partial charge in [0.2, 0.25) is 0 Å². The third kappa shape index (κ3) is 3.56. The van der Waals surface area contributed by atoms with E-state index in [0.717, 1.165) is 18.6 Å². The van der Waals surface area contributed by atoms with E-state index in [1.807, 2.05) is 6.07 Å². The number of rotatable bonds is 5. The minimum Gasteiger partial charge on any atom is -0.490 e. The predicted octanol–water partition coefficient (Wildman–Crippen LogP) is 2.81. The number of nitrogens with two attached hydrogens (primary N) is 1. The monoisotopic (exact) mass is 207 g/mol. The maximum absolute atomic E-state index is 5.86. The Morgan fingerprint density at radius 2 is 2.00 bits per heavy atom. The molecule has 0 amide bonds. The van der Waals surface area contributed by atoms with Crippen LogP contribution in [0.25, 0.3) is 0 Å². The number of hydrogen-bond donors (Lipinski definition) is 1. The number of benzene rings is 1. The van der Waals surface area contributed by atoms with Crippen molar-refractivity contribution < 1.29 is 4.74 Å². The lowest BCUT2D eigenvalue weighted by molar-refractivity contribution is 0.189. The molecule has 1 atom stereocenters. The highest BCUT2D eigenvalue weighted by molar-refractivity contribution is 5.33. The van der Waals surface area contributed by atoms with Crippen LogP contribution < -0.4 is 10.5 Å². The van der Waals surface area contributed by atoms with Crippen molar-refractivity contribution in [2.24, 2.45) is 5.73 Å². The van der Waals surface area contributed by atoms with E-state index in [2.05, 4.69) is 32.9 Å². The van der Waals surface area contributed by atoms with Crippen molar-refractivity contribution in [2.45, 2.75) is 39.7 Å². The van der Waals surface area contributed by atoms with Crippen LogP contribution in [-0.4, -0.2) is 12.6 Å². The van der Waals surface area contributed by atoms with Crippen molar-refractivity contribution in [3.05, 3.63) is 29.3 Å². The molecule has 0 fully saturated rings. The Morgan fingerprint density at radius 1 is 1.27 bits per heavy atom. The molecule has 0 radical (unpaired) electrons. The molecule has 0 bridgehead atoms. The fraction of sp³-hybridized carbons (Fsp3) is 0.538. The third-order valence-electron chi connectivity index (χ3n) is 2.73. The van der Waals surface area contributed by atoms with Gasteiger partial charge in [-0.3, -0.25) is 0 Å². The van der Waals surface area contributed by atoms with Crippen molar-refractivity contribution in [3.8, 4) is 5.75 Å². The second-order valence-electron chi connectivity index (χ2n) is 3.97. The van der Waals surface area contributed by atoms with Crippen LogP contribution in [0.3, 0.4) is 0 Å².